The van der Waals surface area contributed by atoms with Crippen LogP contribution in [0.15, 0.2) is 71.8 Å². The van der Waals surface area contributed by atoms with Gasteiger partial charge in [-0.1, -0.05) is 12.2 Å². The zero-order valence-corrected chi connectivity index (χ0v) is 37.9. The Labute approximate surface area is 361 Å². The molecule has 1 atom stereocenters. The number of aryl methyl sites for hydroxylation is 2. The molecular weight excluding hydrogens is 817 g/mol. The van der Waals surface area contributed by atoms with Crippen LogP contribution in [0.3, 0.4) is 0 Å². The van der Waals surface area contributed by atoms with E-state index in [1.165, 1.54) is 0 Å². The van der Waals surface area contributed by atoms with Crippen LogP contribution in [0, 0.1) is 0 Å². The Balaban J connectivity index is 0.000000184. The van der Waals surface area contributed by atoms with Crippen molar-refractivity contribution < 1.29 is 23.3 Å². The van der Waals surface area contributed by atoms with Crippen molar-refractivity contribution >= 4 is 57.2 Å². The monoisotopic (exact) mass is 868 g/mol. The van der Waals surface area contributed by atoms with E-state index in [0.717, 1.165) is 56.4 Å². The smallest absolute Gasteiger partial charge is 0.410 e. The Hall–Kier alpha value is -5.82. The van der Waals surface area contributed by atoms with Gasteiger partial charge in [0.25, 0.3) is 0 Å². The number of hydrogen-bond donors (Lipinski definition) is 0. The summed E-state index contributed by atoms with van der Waals surface area (Å²) in [5, 5.41) is 9.77. The number of carbonyl (C=O) groups excluding carboxylic acids is 2. The molecule has 2 amide bonds. The van der Waals surface area contributed by atoms with Crippen LogP contribution >= 0.6 is 11.8 Å². The third kappa shape index (κ3) is 9.88. The molecule has 61 heavy (non-hydrogen) atoms. The SMILES string of the molecule is CSc1nc(C2=CCCN(C(=O)OC(C)(C)C)C2)cn2c(-c3cnn(C)c3)cnc12.Cn1cc(-c2cnc3c(S(C)=O)nc(C4=CCCN(C(=O)OC(C)(C)C)C4)cn23)cn1. The molecule has 2 aliphatic rings. The van der Waals surface area contributed by atoms with Gasteiger partial charge in [-0.2, -0.15) is 10.2 Å². The molecule has 0 radical (unpaired) electrons. The third-order valence-electron chi connectivity index (χ3n) is 9.65. The molecule has 8 heterocycles. The molecular formula is C42H52N12O5S2. The summed E-state index contributed by atoms with van der Waals surface area (Å²) in [5.74, 6) is 0. The lowest BCUT2D eigenvalue weighted by Crippen LogP contribution is -2.39. The predicted molar refractivity (Wildman–Crippen MR) is 235 cm³/mol. The van der Waals surface area contributed by atoms with Gasteiger partial charge in [0.1, 0.15) is 16.2 Å². The second-order valence-electron chi connectivity index (χ2n) is 16.8. The minimum absolute atomic E-state index is 0.294. The number of fused-ring (bicyclic) bond motifs is 2. The Morgan fingerprint density at radius 1 is 0.689 bits per heavy atom. The number of hydrogen-bond acceptors (Lipinski definition) is 12. The van der Waals surface area contributed by atoms with Crippen LogP contribution in [-0.2, 0) is 34.4 Å². The topological polar surface area (TPSA) is 172 Å². The molecule has 6 aromatic rings. The third-order valence-corrected chi connectivity index (χ3v) is 11.1. The van der Waals surface area contributed by atoms with Crippen molar-refractivity contribution in [3.63, 3.8) is 0 Å². The summed E-state index contributed by atoms with van der Waals surface area (Å²) in [5.41, 5.74) is 7.35. The van der Waals surface area contributed by atoms with Crippen LogP contribution in [0.5, 0.6) is 0 Å². The predicted octanol–water partition coefficient (Wildman–Crippen LogP) is 6.77. The Kier molecular flexibility index (Phi) is 12.3. The van der Waals surface area contributed by atoms with Crippen molar-refractivity contribution in [1.29, 1.82) is 0 Å². The Morgan fingerprint density at radius 3 is 1.57 bits per heavy atom. The van der Waals surface area contributed by atoms with Gasteiger partial charge in [0, 0.05) is 69.4 Å². The molecule has 1 unspecified atom stereocenters. The van der Waals surface area contributed by atoms with Crippen molar-refractivity contribution in [3.05, 3.63) is 73.1 Å². The zero-order valence-electron chi connectivity index (χ0n) is 36.2. The van der Waals surface area contributed by atoms with Gasteiger partial charge < -0.3 is 19.3 Å². The largest absolute Gasteiger partial charge is 0.444 e. The maximum Gasteiger partial charge on any atom is 0.410 e. The Morgan fingerprint density at radius 2 is 1.15 bits per heavy atom. The average Bonchev–Trinajstić information content (AvgIpc) is 4.03. The normalized spacial score (nSPS) is 15.3. The van der Waals surface area contributed by atoms with Crippen LogP contribution in [0.25, 0.3) is 45.0 Å². The van der Waals surface area contributed by atoms with Crippen LogP contribution < -0.4 is 0 Å². The van der Waals surface area contributed by atoms with Gasteiger partial charge in [0.15, 0.2) is 16.3 Å². The van der Waals surface area contributed by atoms with Gasteiger partial charge in [-0.3, -0.25) is 22.4 Å². The van der Waals surface area contributed by atoms with Crippen molar-refractivity contribution in [3.8, 4) is 22.5 Å². The molecule has 0 saturated carbocycles. The van der Waals surface area contributed by atoms with Crippen LogP contribution in [0.1, 0.15) is 65.8 Å². The molecule has 19 heteroatoms. The van der Waals surface area contributed by atoms with Crippen molar-refractivity contribution in [2.24, 2.45) is 14.1 Å². The molecule has 0 aromatic carbocycles. The number of amides is 2. The summed E-state index contributed by atoms with van der Waals surface area (Å²) < 4.78 is 31.0. The van der Waals surface area contributed by atoms with Gasteiger partial charge >= 0.3 is 12.2 Å². The number of aromatic nitrogens is 10. The number of carbonyl (C=O) groups is 2. The fourth-order valence-electron chi connectivity index (χ4n) is 6.92. The summed E-state index contributed by atoms with van der Waals surface area (Å²) in [6.07, 6.45) is 23.5. The second kappa shape index (κ2) is 17.3. The molecule has 0 bridgehead atoms. The quantitative estimate of drug-likeness (QED) is 0.161. The molecule has 8 rings (SSSR count). The maximum atomic E-state index is 12.6. The van der Waals surface area contributed by atoms with Gasteiger partial charge in [-0.05, 0) is 71.8 Å². The van der Waals surface area contributed by atoms with E-state index in [2.05, 4.69) is 41.7 Å². The molecule has 0 saturated heterocycles. The molecule has 17 nitrogen and oxygen atoms in total. The van der Waals surface area contributed by atoms with Crippen LogP contribution in [-0.4, -0.2) is 124 Å². The van der Waals surface area contributed by atoms with Crippen molar-refractivity contribution in [2.75, 3.05) is 38.7 Å². The van der Waals surface area contributed by atoms with E-state index in [4.69, 9.17) is 14.5 Å². The molecule has 0 N–H and O–H groups in total. The highest BCUT2D eigenvalue weighted by atomic mass is 32.2. The van der Waals surface area contributed by atoms with Crippen molar-refractivity contribution in [1.82, 2.24) is 58.1 Å². The van der Waals surface area contributed by atoms with E-state index in [-0.39, 0.29) is 12.2 Å². The maximum absolute atomic E-state index is 12.6. The lowest BCUT2D eigenvalue weighted by molar-refractivity contribution is 0.0262. The van der Waals surface area contributed by atoms with E-state index < -0.39 is 22.0 Å². The number of imidazole rings is 2. The van der Waals surface area contributed by atoms with E-state index in [1.54, 1.807) is 49.6 Å². The summed E-state index contributed by atoms with van der Waals surface area (Å²) in [6, 6.07) is 0. The van der Waals surface area contributed by atoms with Gasteiger partial charge in [-0.15, -0.1) is 11.8 Å². The summed E-state index contributed by atoms with van der Waals surface area (Å²) in [7, 11) is 2.41. The van der Waals surface area contributed by atoms with E-state index in [0.29, 0.717) is 49.0 Å². The summed E-state index contributed by atoms with van der Waals surface area (Å²) >= 11 is 1.56. The minimum Gasteiger partial charge on any atom is -0.444 e. The molecule has 0 fully saturated rings. The summed E-state index contributed by atoms with van der Waals surface area (Å²) in [6.45, 7) is 13.3. The minimum atomic E-state index is -1.33. The highest BCUT2D eigenvalue weighted by Gasteiger charge is 2.28. The molecule has 2 aliphatic heterocycles. The van der Waals surface area contributed by atoms with Gasteiger partial charge in [-0.25, -0.2) is 29.5 Å². The van der Waals surface area contributed by atoms with E-state index >= 15 is 0 Å². The molecule has 0 spiro atoms. The van der Waals surface area contributed by atoms with Crippen LogP contribution in [0.4, 0.5) is 9.59 Å². The standard InChI is InChI=1S/C21H26N6O3S.C21H26N6O2S/c1-21(2,3)30-20(28)26-8-6-7-14(12-26)16-13-27-17(15-9-23-25(4)11-15)10-22-18(27)19(24-16)31(5)29;1-21(2,3)29-20(28)26-8-6-7-14(12-26)16-13-27-17(15-9-23-25(4)11-15)10-22-18(27)19(24-16)30-5/h7,9-11,13H,6,8,12H2,1-5H3;7,9-11,13H,6,8,12H2,1-5H3. The second-order valence-corrected chi connectivity index (χ2v) is 18.9. The molecule has 322 valence electrons. The summed E-state index contributed by atoms with van der Waals surface area (Å²) in [4.78, 5) is 47.1. The fraction of sp³-hybridized carbons (Fsp3) is 0.429. The number of thioether (sulfide) groups is 1. The molecule has 6 aromatic heterocycles. The highest BCUT2D eigenvalue weighted by molar-refractivity contribution is 7.98. The lowest BCUT2D eigenvalue weighted by Gasteiger charge is -2.30. The van der Waals surface area contributed by atoms with Gasteiger partial charge in [0.2, 0.25) is 0 Å². The Bertz CT molecular complexity index is 2690. The molecule has 0 aliphatic carbocycles. The van der Waals surface area contributed by atoms with Crippen molar-refractivity contribution in [2.45, 2.75) is 75.6 Å². The van der Waals surface area contributed by atoms with E-state index in [9.17, 15) is 13.8 Å². The average molecular weight is 869 g/mol. The first-order valence-corrected chi connectivity index (χ1v) is 22.6. The van der Waals surface area contributed by atoms with Crippen LogP contribution in [0.2, 0.25) is 0 Å². The lowest BCUT2D eigenvalue weighted by atomic mass is 10.1. The van der Waals surface area contributed by atoms with E-state index in [1.807, 2.05) is 103 Å². The number of nitrogens with zero attached hydrogens (tertiary/aromatic N) is 12. The fourth-order valence-corrected chi connectivity index (χ4v) is 8.08. The highest BCUT2D eigenvalue weighted by Crippen LogP contribution is 2.30. The first kappa shape index (κ1) is 43.3. The number of rotatable bonds is 6. The van der Waals surface area contributed by atoms with Gasteiger partial charge in [0.05, 0.1) is 71.5 Å². The number of ether oxygens (including phenoxy) is 2. The first-order chi connectivity index (χ1) is 28.9. The first-order valence-electron chi connectivity index (χ1n) is 19.8. The zero-order chi connectivity index (χ0) is 43.8.